The number of hydrogen-bond acceptors (Lipinski definition) is 8. The highest BCUT2D eigenvalue weighted by atomic mass is 16.7. The lowest BCUT2D eigenvalue weighted by Gasteiger charge is -2.59. The van der Waals surface area contributed by atoms with Crippen LogP contribution in [-0.4, -0.2) is 57.3 Å². The SMILES string of the molecule is C[C@]12C=CC(=O)C=C1CC[C@@H]1[C@@H]2[C@@H](O)C[C@@]2(C)[C@H]1C[C@H]1O[C@H](c3ccc(Oc4ccc(C(=O)O)cc4)cc3)O[C@]12C(=O)CO. The second kappa shape index (κ2) is 10.2. The lowest BCUT2D eigenvalue weighted by Crippen LogP contribution is -2.63. The van der Waals surface area contributed by atoms with Gasteiger partial charge in [0, 0.05) is 22.3 Å². The number of rotatable bonds is 6. The number of aliphatic hydroxyl groups is 2. The fourth-order valence-corrected chi connectivity index (χ4v) is 9.33. The molecule has 0 aromatic heterocycles. The molecule has 3 N–H and O–H groups in total. The number of benzene rings is 2. The van der Waals surface area contributed by atoms with Crippen molar-refractivity contribution in [2.24, 2.45) is 28.6 Å². The van der Waals surface area contributed by atoms with Crippen LogP contribution in [0.2, 0.25) is 0 Å². The number of Topliss-reactive ketones (excluding diaryl/α,β-unsaturated/α-hetero) is 1. The maximum absolute atomic E-state index is 13.7. The number of carboxylic acids is 1. The first-order valence-electron chi connectivity index (χ1n) is 15.2. The molecule has 0 unspecified atom stereocenters. The van der Waals surface area contributed by atoms with Gasteiger partial charge in [-0.2, -0.15) is 0 Å². The Balaban J connectivity index is 1.15. The Morgan fingerprint density at radius 2 is 1.73 bits per heavy atom. The summed E-state index contributed by atoms with van der Waals surface area (Å²) < 4.78 is 19.0. The number of carboxylic acid groups (broad SMARTS) is 1. The highest BCUT2D eigenvalue weighted by molar-refractivity contribution is 6.01. The second-order valence-corrected chi connectivity index (χ2v) is 13.3. The van der Waals surface area contributed by atoms with Crippen molar-refractivity contribution in [1.82, 2.24) is 0 Å². The molecule has 0 bridgehead atoms. The molecule has 230 valence electrons. The van der Waals surface area contributed by atoms with Crippen LogP contribution in [0, 0.1) is 28.6 Å². The number of ether oxygens (including phenoxy) is 3. The van der Waals surface area contributed by atoms with E-state index in [1.165, 1.54) is 12.1 Å². The fraction of sp³-hybridized carbons (Fsp3) is 0.457. The van der Waals surface area contributed by atoms with Gasteiger partial charge in [-0.25, -0.2) is 4.79 Å². The summed E-state index contributed by atoms with van der Waals surface area (Å²) in [6.45, 7) is 3.43. The number of aliphatic hydroxyl groups excluding tert-OH is 2. The summed E-state index contributed by atoms with van der Waals surface area (Å²) in [4.78, 5) is 37.0. The molecule has 1 heterocycles. The van der Waals surface area contributed by atoms with Crippen molar-refractivity contribution < 1.29 is 43.9 Å². The quantitative estimate of drug-likeness (QED) is 0.427. The minimum atomic E-state index is -1.42. The van der Waals surface area contributed by atoms with E-state index in [4.69, 9.17) is 19.3 Å². The zero-order valence-electron chi connectivity index (χ0n) is 24.6. The zero-order chi connectivity index (χ0) is 31.0. The molecule has 4 fully saturated rings. The Hall–Kier alpha value is -3.63. The molecule has 7 rings (SSSR count). The van der Waals surface area contributed by atoms with Gasteiger partial charge in [0.1, 0.15) is 18.1 Å². The second-order valence-electron chi connectivity index (χ2n) is 13.3. The van der Waals surface area contributed by atoms with Crippen LogP contribution in [0.5, 0.6) is 11.5 Å². The van der Waals surface area contributed by atoms with Gasteiger partial charge in [0.05, 0.1) is 17.8 Å². The van der Waals surface area contributed by atoms with E-state index in [1.54, 1.807) is 48.6 Å². The maximum atomic E-state index is 13.7. The van der Waals surface area contributed by atoms with E-state index in [1.807, 2.05) is 13.0 Å². The number of fused-ring (bicyclic) bond motifs is 7. The molecule has 1 saturated heterocycles. The van der Waals surface area contributed by atoms with Crippen LogP contribution in [-0.2, 0) is 19.1 Å². The number of allylic oxidation sites excluding steroid dienone is 4. The average molecular weight is 601 g/mol. The molecular formula is C35H36O9. The van der Waals surface area contributed by atoms with Crippen molar-refractivity contribution >= 4 is 17.5 Å². The molecule has 2 aromatic carbocycles. The summed E-state index contributed by atoms with van der Waals surface area (Å²) in [5.41, 5.74) is -0.715. The Morgan fingerprint density at radius 1 is 1.05 bits per heavy atom. The monoisotopic (exact) mass is 600 g/mol. The Labute approximate surface area is 255 Å². The number of carbonyl (C=O) groups excluding carboxylic acids is 2. The van der Waals surface area contributed by atoms with Crippen LogP contribution < -0.4 is 4.74 Å². The molecule has 0 radical (unpaired) electrons. The summed E-state index contributed by atoms with van der Waals surface area (Å²) in [6.07, 6.45) is 5.53. The van der Waals surface area contributed by atoms with E-state index >= 15 is 0 Å². The van der Waals surface area contributed by atoms with Crippen LogP contribution >= 0.6 is 0 Å². The normalized spacial score (nSPS) is 38.6. The largest absolute Gasteiger partial charge is 0.478 e. The first-order chi connectivity index (χ1) is 21.0. The topological polar surface area (TPSA) is 140 Å². The first kappa shape index (κ1) is 29.1. The number of aromatic carboxylic acids is 1. The van der Waals surface area contributed by atoms with Crippen molar-refractivity contribution in [2.75, 3.05) is 6.61 Å². The molecule has 0 amide bonds. The average Bonchev–Trinajstić information content (AvgIpc) is 3.50. The molecule has 3 saturated carbocycles. The van der Waals surface area contributed by atoms with Crippen molar-refractivity contribution in [3.8, 4) is 11.5 Å². The molecular weight excluding hydrogens is 564 g/mol. The lowest BCUT2D eigenvalue weighted by molar-refractivity contribution is -0.201. The standard InChI is InChI=1S/C35H36O9/c1-33-14-13-22(37)15-21(33)7-12-25-26-16-29-35(28(39)18-36,34(26,2)17-27(38)30(25)33)44-32(43-29)20-5-10-24(11-6-20)42-23-8-3-19(4-9-23)31(40)41/h3-6,8-11,13-15,25-27,29-30,32,36,38H,7,12,16-18H2,1-2H3,(H,40,41)/t25-,26-,27-,29+,30+,32-,33-,34-,35+/m0/s1. The molecule has 9 heteroatoms. The van der Waals surface area contributed by atoms with Gasteiger partial charge in [0.2, 0.25) is 0 Å². The van der Waals surface area contributed by atoms with E-state index in [9.17, 15) is 24.6 Å². The Morgan fingerprint density at radius 3 is 2.39 bits per heavy atom. The van der Waals surface area contributed by atoms with E-state index in [0.29, 0.717) is 29.9 Å². The van der Waals surface area contributed by atoms with Gasteiger partial charge < -0.3 is 29.5 Å². The maximum Gasteiger partial charge on any atom is 0.335 e. The molecule has 4 aliphatic carbocycles. The Bertz CT molecular complexity index is 1580. The predicted octanol–water partition coefficient (Wildman–Crippen LogP) is 4.78. The van der Waals surface area contributed by atoms with Crippen LogP contribution in [0.25, 0.3) is 0 Å². The number of hydrogen-bond donors (Lipinski definition) is 3. The van der Waals surface area contributed by atoms with E-state index < -0.39 is 53.3 Å². The van der Waals surface area contributed by atoms with Gasteiger partial charge in [-0.1, -0.05) is 37.6 Å². The van der Waals surface area contributed by atoms with Crippen LogP contribution in [0.15, 0.2) is 72.3 Å². The molecule has 9 nitrogen and oxygen atoms in total. The third kappa shape index (κ3) is 4.10. The van der Waals surface area contributed by atoms with Gasteiger partial charge in [0.25, 0.3) is 0 Å². The third-order valence-electron chi connectivity index (χ3n) is 11.3. The van der Waals surface area contributed by atoms with E-state index in [2.05, 4.69) is 6.92 Å². The van der Waals surface area contributed by atoms with Gasteiger partial charge in [-0.15, -0.1) is 0 Å². The van der Waals surface area contributed by atoms with Crippen LogP contribution in [0.3, 0.4) is 0 Å². The van der Waals surface area contributed by atoms with Gasteiger partial charge in [-0.3, -0.25) is 9.59 Å². The molecule has 1 aliphatic heterocycles. The first-order valence-corrected chi connectivity index (χ1v) is 15.2. The molecule has 44 heavy (non-hydrogen) atoms. The summed E-state index contributed by atoms with van der Waals surface area (Å²) in [5, 5.41) is 31.1. The van der Waals surface area contributed by atoms with Crippen molar-refractivity contribution in [3.63, 3.8) is 0 Å². The highest BCUT2D eigenvalue weighted by Gasteiger charge is 2.75. The predicted molar refractivity (Wildman–Crippen MR) is 157 cm³/mol. The molecule has 2 aromatic rings. The summed E-state index contributed by atoms with van der Waals surface area (Å²) >= 11 is 0. The van der Waals surface area contributed by atoms with Crippen molar-refractivity contribution in [1.29, 1.82) is 0 Å². The summed E-state index contributed by atoms with van der Waals surface area (Å²) in [6, 6.07) is 13.2. The number of carbonyl (C=O) groups is 3. The fourth-order valence-electron chi connectivity index (χ4n) is 9.33. The van der Waals surface area contributed by atoms with Gasteiger partial charge >= 0.3 is 5.97 Å². The van der Waals surface area contributed by atoms with Crippen LogP contribution in [0.4, 0.5) is 0 Å². The van der Waals surface area contributed by atoms with Gasteiger partial charge in [0.15, 0.2) is 23.5 Å². The smallest absolute Gasteiger partial charge is 0.335 e. The zero-order valence-corrected chi connectivity index (χ0v) is 24.6. The summed E-state index contributed by atoms with van der Waals surface area (Å²) in [5.74, 6) is -0.445. The molecule has 5 aliphatic rings. The molecule has 9 atom stereocenters. The number of ketones is 2. The minimum Gasteiger partial charge on any atom is -0.478 e. The highest BCUT2D eigenvalue weighted by Crippen LogP contribution is 2.70. The van der Waals surface area contributed by atoms with E-state index in [-0.39, 0.29) is 29.1 Å². The third-order valence-corrected chi connectivity index (χ3v) is 11.3. The molecule has 0 spiro atoms. The minimum absolute atomic E-state index is 0.0178. The Kier molecular flexibility index (Phi) is 6.75. The van der Waals surface area contributed by atoms with Gasteiger partial charge in [-0.05, 0) is 86.1 Å². The lowest BCUT2D eigenvalue weighted by atomic mass is 9.46. The van der Waals surface area contributed by atoms with Crippen LogP contribution in [0.1, 0.15) is 61.7 Å². The van der Waals surface area contributed by atoms with E-state index in [0.717, 1.165) is 18.4 Å². The van der Waals surface area contributed by atoms with Crippen molar-refractivity contribution in [3.05, 3.63) is 83.5 Å². The summed E-state index contributed by atoms with van der Waals surface area (Å²) in [7, 11) is 0. The van der Waals surface area contributed by atoms with Crippen molar-refractivity contribution in [2.45, 2.75) is 63.6 Å².